The number of amides is 1. The lowest BCUT2D eigenvalue weighted by Gasteiger charge is -2.30. The fraction of sp³-hybridized carbons (Fsp3) is 0.409. The van der Waals surface area contributed by atoms with Crippen LogP contribution in [-0.2, 0) is 27.8 Å². The molecule has 0 saturated carbocycles. The van der Waals surface area contributed by atoms with Gasteiger partial charge in [-0.1, -0.05) is 36.4 Å². The molecule has 0 aromatic heterocycles. The van der Waals surface area contributed by atoms with Crippen molar-refractivity contribution in [1.29, 1.82) is 0 Å². The number of nitrogens with one attached hydrogen (secondary N) is 1. The van der Waals surface area contributed by atoms with Crippen LogP contribution in [0.3, 0.4) is 0 Å². The van der Waals surface area contributed by atoms with Crippen molar-refractivity contribution in [3.05, 3.63) is 59.7 Å². The molecule has 1 fully saturated rings. The zero-order valence-corrected chi connectivity index (χ0v) is 17.5. The topological polar surface area (TPSA) is 69.7 Å². The highest BCUT2D eigenvalue weighted by atomic mass is 32.2. The Hall–Kier alpha value is -2.38. The largest absolute Gasteiger partial charge is 0.367 e. The molecule has 2 aromatic carbocycles. The van der Waals surface area contributed by atoms with Gasteiger partial charge in [0.15, 0.2) is 0 Å². The van der Waals surface area contributed by atoms with Crippen molar-refractivity contribution in [1.82, 2.24) is 4.31 Å². The minimum absolute atomic E-state index is 0.104. The predicted molar refractivity (Wildman–Crippen MR) is 115 cm³/mol. The van der Waals surface area contributed by atoms with Crippen LogP contribution in [-0.4, -0.2) is 44.5 Å². The minimum atomic E-state index is -3.27. The molecule has 1 saturated heterocycles. The van der Waals surface area contributed by atoms with Gasteiger partial charge in [-0.3, -0.25) is 4.79 Å². The van der Waals surface area contributed by atoms with Crippen LogP contribution in [0.4, 0.5) is 11.4 Å². The summed E-state index contributed by atoms with van der Waals surface area (Å²) in [5.74, 6) is -0.424. The molecule has 2 aromatic rings. The van der Waals surface area contributed by atoms with Crippen LogP contribution in [0, 0.1) is 5.92 Å². The van der Waals surface area contributed by atoms with Gasteiger partial charge in [0, 0.05) is 37.6 Å². The number of nitrogens with zero attached hydrogens (tertiary/aromatic N) is 2. The Balaban J connectivity index is 1.47. The molecule has 29 heavy (non-hydrogen) atoms. The van der Waals surface area contributed by atoms with Gasteiger partial charge >= 0.3 is 0 Å². The summed E-state index contributed by atoms with van der Waals surface area (Å²) in [7, 11) is -3.27. The third-order valence-corrected chi connectivity index (χ3v) is 7.11. The Morgan fingerprint density at radius 3 is 2.69 bits per heavy atom. The van der Waals surface area contributed by atoms with E-state index < -0.39 is 10.0 Å². The van der Waals surface area contributed by atoms with Crippen molar-refractivity contribution in [3.63, 3.8) is 0 Å². The van der Waals surface area contributed by atoms with Gasteiger partial charge < -0.3 is 10.2 Å². The highest BCUT2D eigenvalue weighted by Gasteiger charge is 2.30. The SMILES string of the molecule is CS(=O)(=O)N1CCCC(C(=O)Nc2ccccc2CN2CCc3ccccc32)C1. The molecule has 6 nitrogen and oxygen atoms in total. The number of fused-ring (bicyclic) bond motifs is 1. The maximum absolute atomic E-state index is 12.9. The number of carbonyl (C=O) groups excluding carboxylic acids is 1. The van der Waals surface area contributed by atoms with E-state index in [1.54, 1.807) is 0 Å². The summed E-state index contributed by atoms with van der Waals surface area (Å²) in [5, 5.41) is 3.06. The number of sulfonamides is 1. The quantitative estimate of drug-likeness (QED) is 0.818. The highest BCUT2D eigenvalue weighted by Crippen LogP contribution is 2.30. The number of benzene rings is 2. The molecular weight excluding hydrogens is 386 g/mol. The molecule has 1 atom stereocenters. The predicted octanol–water partition coefficient (Wildman–Crippen LogP) is 2.86. The molecule has 1 amide bonds. The van der Waals surface area contributed by atoms with Gasteiger partial charge in [0.05, 0.1) is 12.2 Å². The number of carbonyl (C=O) groups is 1. The van der Waals surface area contributed by atoms with Crippen LogP contribution >= 0.6 is 0 Å². The van der Waals surface area contributed by atoms with Gasteiger partial charge in [-0.05, 0) is 42.5 Å². The molecule has 0 aliphatic carbocycles. The molecular formula is C22H27N3O3S. The summed E-state index contributed by atoms with van der Waals surface area (Å²) in [6.07, 6.45) is 3.65. The van der Waals surface area contributed by atoms with Gasteiger partial charge in [0.1, 0.15) is 0 Å². The van der Waals surface area contributed by atoms with Crippen LogP contribution in [0.15, 0.2) is 48.5 Å². The molecule has 0 spiro atoms. The summed E-state index contributed by atoms with van der Waals surface area (Å²) < 4.78 is 25.1. The second-order valence-corrected chi connectivity index (χ2v) is 9.89. The zero-order valence-electron chi connectivity index (χ0n) is 16.7. The fourth-order valence-electron chi connectivity index (χ4n) is 4.25. The molecule has 4 rings (SSSR count). The standard InChI is InChI=1S/C22H27N3O3S/c1-29(27,28)25-13-6-9-19(16-25)22(26)23-20-10-4-2-8-18(20)15-24-14-12-17-7-3-5-11-21(17)24/h2-5,7-8,10-11,19H,6,9,12-16H2,1H3,(H,23,26). The van der Waals surface area contributed by atoms with Gasteiger partial charge in [0.2, 0.25) is 15.9 Å². The van der Waals surface area contributed by atoms with E-state index in [9.17, 15) is 13.2 Å². The Bertz CT molecular complexity index is 1010. The summed E-state index contributed by atoms with van der Waals surface area (Å²) in [5.41, 5.74) is 4.48. The average Bonchev–Trinajstić information content (AvgIpc) is 3.12. The third-order valence-electron chi connectivity index (χ3n) is 5.84. The van der Waals surface area contributed by atoms with E-state index in [1.807, 2.05) is 24.3 Å². The van der Waals surface area contributed by atoms with Crippen molar-refractivity contribution < 1.29 is 13.2 Å². The van der Waals surface area contributed by atoms with Crippen molar-refractivity contribution >= 4 is 27.3 Å². The Morgan fingerprint density at radius 2 is 1.86 bits per heavy atom. The second kappa shape index (κ2) is 8.16. The number of anilines is 2. The third kappa shape index (κ3) is 4.46. The maximum atomic E-state index is 12.9. The van der Waals surface area contributed by atoms with E-state index in [4.69, 9.17) is 0 Å². The Morgan fingerprint density at radius 1 is 1.10 bits per heavy atom. The molecule has 0 radical (unpaired) electrons. The van der Waals surface area contributed by atoms with Crippen LogP contribution < -0.4 is 10.2 Å². The first-order chi connectivity index (χ1) is 13.9. The molecule has 0 bridgehead atoms. The molecule has 154 valence electrons. The zero-order chi connectivity index (χ0) is 20.4. The van der Waals surface area contributed by atoms with Gasteiger partial charge in [-0.2, -0.15) is 0 Å². The number of piperidine rings is 1. The summed E-state index contributed by atoms with van der Waals surface area (Å²) in [6.45, 7) is 2.45. The van der Waals surface area contributed by atoms with E-state index >= 15 is 0 Å². The lowest BCUT2D eigenvalue weighted by molar-refractivity contribution is -0.120. The van der Waals surface area contributed by atoms with Crippen LogP contribution in [0.25, 0.3) is 0 Å². The van der Waals surface area contributed by atoms with Gasteiger partial charge in [-0.25, -0.2) is 12.7 Å². The summed E-state index contributed by atoms with van der Waals surface area (Å²) >= 11 is 0. The Labute approximate surface area is 172 Å². The van der Waals surface area contributed by atoms with Gasteiger partial charge in [0.25, 0.3) is 0 Å². The van der Waals surface area contributed by atoms with Crippen LogP contribution in [0.2, 0.25) is 0 Å². The molecule has 2 aliphatic rings. The van der Waals surface area contributed by atoms with Crippen molar-refractivity contribution in [2.75, 3.05) is 36.1 Å². The first-order valence-electron chi connectivity index (χ1n) is 10.1. The monoisotopic (exact) mass is 413 g/mol. The molecule has 1 N–H and O–H groups in total. The Kier molecular flexibility index (Phi) is 5.61. The maximum Gasteiger partial charge on any atom is 0.228 e. The van der Waals surface area contributed by atoms with Crippen LogP contribution in [0.5, 0.6) is 0 Å². The number of hydrogen-bond donors (Lipinski definition) is 1. The summed E-state index contributed by atoms with van der Waals surface area (Å²) in [4.78, 5) is 15.2. The van der Waals surface area contributed by atoms with E-state index in [2.05, 4.69) is 34.5 Å². The van der Waals surface area contributed by atoms with Crippen molar-refractivity contribution in [2.24, 2.45) is 5.92 Å². The normalized spacial score (nSPS) is 19.8. The van der Waals surface area contributed by atoms with Gasteiger partial charge in [-0.15, -0.1) is 0 Å². The number of hydrogen-bond acceptors (Lipinski definition) is 4. The average molecular weight is 414 g/mol. The first kappa shape index (κ1) is 19.9. The highest BCUT2D eigenvalue weighted by molar-refractivity contribution is 7.88. The molecule has 1 unspecified atom stereocenters. The first-order valence-corrected chi connectivity index (χ1v) is 11.9. The number of para-hydroxylation sites is 2. The van der Waals surface area contributed by atoms with E-state index in [0.717, 1.165) is 30.8 Å². The minimum Gasteiger partial charge on any atom is -0.367 e. The lowest BCUT2D eigenvalue weighted by atomic mass is 9.98. The van der Waals surface area contributed by atoms with E-state index in [0.29, 0.717) is 19.4 Å². The smallest absolute Gasteiger partial charge is 0.228 e. The van der Waals surface area contributed by atoms with Crippen molar-refractivity contribution in [2.45, 2.75) is 25.8 Å². The summed E-state index contributed by atoms with van der Waals surface area (Å²) in [6, 6.07) is 16.3. The number of rotatable bonds is 5. The fourth-order valence-corrected chi connectivity index (χ4v) is 5.16. The molecule has 7 heteroatoms. The van der Waals surface area contributed by atoms with E-state index in [1.165, 1.54) is 21.8 Å². The second-order valence-electron chi connectivity index (χ2n) is 7.91. The van der Waals surface area contributed by atoms with Crippen LogP contribution in [0.1, 0.15) is 24.0 Å². The molecule has 2 aliphatic heterocycles. The lowest BCUT2D eigenvalue weighted by Crippen LogP contribution is -2.43. The van der Waals surface area contributed by atoms with E-state index in [-0.39, 0.29) is 18.4 Å². The molecule has 2 heterocycles. The van der Waals surface area contributed by atoms with Crippen molar-refractivity contribution in [3.8, 4) is 0 Å².